The predicted octanol–water partition coefficient (Wildman–Crippen LogP) is 0.727. The van der Waals surface area contributed by atoms with Crippen LogP contribution in [-0.2, 0) is 11.2 Å². The molecule has 0 fully saturated rings. The molecule has 0 bridgehead atoms. The van der Waals surface area contributed by atoms with Crippen molar-refractivity contribution in [3.05, 3.63) is 21.7 Å². The molecule has 3 N–H and O–H groups in total. The molecule has 6 nitrogen and oxygen atoms in total. The van der Waals surface area contributed by atoms with Crippen LogP contribution in [0.25, 0.3) is 0 Å². The van der Waals surface area contributed by atoms with Crippen molar-refractivity contribution < 1.29 is 9.53 Å². The van der Waals surface area contributed by atoms with Gasteiger partial charge in [-0.15, -0.1) is 0 Å². The summed E-state index contributed by atoms with van der Waals surface area (Å²) < 4.78 is 4.76. The Hall–Kier alpha value is -1.85. The molecule has 0 radical (unpaired) electrons. The number of ether oxygens (including phenoxy) is 1. The van der Waals surface area contributed by atoms with Crippen molar-refractivity contribution >= 4 is 11.8 Å². The summed E-state index contributed by atoms with van der Waals surface area (Å²) >= 11 is 0. The van der Waals surface area contributed by atoms with Gasteiger partial charge < -0.3 is 15.5 Å². The summed E-state index contributed by atoms with van der Waals surface area (Å²) in [6.07, 6.45) is 0.517. The summed E-state index contributed by atoms with van der Waals surface area (Å²) in [5, 5.41) is 0. The van der Waals surface area contributed by atoms with E-state index in [4.69, 9.17) is 10.5 Å². The van der Waals surface area contributed by atoms with Crippen LogP contribution in [0.4, 0.5) is 5.82 Å². The van der Waals surface area contributed by atoms with Crippen molar-refractivity contribution in [3.63, 3.8) is 0 Å². The van der Waals surface area contributed by atoms with Crippen LogP contribution in [0.3, 0.4) is 0 Å². The van der Waals surface area contributed by atoms with E-state index in [9.17, 15) is 9.59 Å². The number of aromatic amines is 1. The van der Waals surface area contributed by atoms with Gasteiger partial charge in [0.15, 0.2) is 11.5 Å². The molecule has 0 saturated carbocycles. The standard InChI is InChI=1S/C11H17N3O3/c1-4-17-11(16)8-9(12)13-7(5-6(2)3)10(15)14-8/h6H,4-5H2,1-3H3,(H2,12,13)(H,14,15). The summed E-state index contributed by atoms with van der Waals surface area (Å²) in [6, 6.07) is 0. The van der Waals surface area contributed by atoms with Gasteiger partial charge in [0, 0.05) is 0 Å². The fraction of sp³-hybridized carbons (Fsp3) is 0.545. The van der Waals surface area contributed by atoms with Gasteiger partial charge in [0.2, 0.25) is 0 Å². The van der Waals surface area contributed by atoms with E-state index in [2.05, 4.69) is 9.97 Å². The second-order valence-corrected chi connectivity index (χ2v) is 4.09. The molecule has 94 valence electrons. The Balaban J connectivity index is 3.09. The van der Waals surface area contributed by atoms with Gasteiger partial charge >= 0.3 is 5.97 Å². The zero-order chi connectivity index (χ0) is 13.0. The number of H-pyrrole nitrogens is 1. The van der Waals surface area contributed by atoms with Crippen molar-refractivity contribution in [2.45, 2.75) is 27.2 Å². The maximum absolute atomic E-state index is 11.7. The van der Waals surface area contributed by atoms with Crippen LogP contribution in [0, 0.1) is 5.92 Å². The molecule has 6 heteroatoms. The predicted molar refractivity (Wildman–Crippen MR) is 63.8 cm³/mol. The highest BCUT2D eigenvalue weighted by molar-refractivity contribution is 5.91. The third-order valence-corrected chi connectivity index (χ3v) is 2.09. The van der Waals surface area contributed by atoms with E-state index in [1.165, 1.54) is 0 Å². The van der Waals surface area contributed by atoms with Crippen LogP contribution in [0.2, 0.25) is 0 Å². The number of nitrogen functional groups attached to an aromatic ring is 1. The number of aromatic nitrogens is 2. The number of nitrogens with one attached hydrogen (secondary N) is 1. The number of hydrogen-bond donors (Lipinski definition) is 2. The van der Waals surface area contributed by atoms with E-state index in [0.717, 1.165) is 0 Å². The number of hydrogen-bond acceptors (Lipinski definition) is 5. The first-order valence-corrected chi connectivity index (χ1v) is 5.51. The van der Waals surface area contributed by atoms with E-state index in [1.54, 1.807) is 6.92 Å². The Labute approximate surface area is 99.2 Å². The lowest BCUT2D eigenvalue weighted by molar-refractivity contribution is 0.0520. The molecule has 0 aliphatic rings. The highest BCUT2D eigenvalue weighted by Gasteiger charge is 2.16. The molecule has 1 aromatic heterocycles. The van der Waals surface area contributed by atoms with Gasteiger partial charge in [-0.1, -0.05) is 13.8 Å². The van der Waals surface area contributed by atoms with Crippen LogP contribution in [0.15, 0.2) is 4.79 Å². The lowest BCUT2D eigenvalue weighted by atomic mass is 10.1. The van der Waals surface area contributed by atoms with Gasteiger partial charge in [-0.05, 0) is 19.3 Å². The third-order valence-electron chi connectivity index (χ3n) is 2.09. The number of carbonyl (C=O) groups is 1. The van der Waals surface area contributed by atoms with Crippen LogP contribution < -0.4 is 11.3 Å². The van der Waals surface area contributed by atoms with Gasteiger partial charge in [0.1, 0.15) is 5.69 Å². The Bertz CT molecular complexity index is 466. The largest absolute Gasteiger partial charge is 0.461 e. The fourth-order valence-electron chi connectivity index (χ4n) is 1.39. The molecule has 0 atom stereocenters. The van der Waals surface area contributed by atoms with Crippen molar-refractivity contribution in [2.75, 3.05) is 12.3 Å². The number of carbonyl (C=O) groups excluding carboxylic acids is 1. The van der Waals surface area contributed by atoms with E-state index >= 15 is 0 Å². The fourth-order valence-corrected chi connectivity index (χ4v) is 1.39. The molecular formula is C11H17N3O3. The molecule has 0 saturated heterocycles. The summed E-state index contributed by atoms with van der Waals surface area (Å²) in [5.41, 5.74) is 5.48. The summed E-state index contributed by atoms with van der Waals surface area (Å²) in [7, 11) is 0. The van der Waals surface area contributed by atoms with E-state index in [-0.39, 0.29) is 24.0 Å². The number of rotatable bonds is 4. The second kappa shape index (κ2) is 5.47. The average molecular weight is 239 g/mol. The monoisotopic (exact) mass is 239 g/mol. The molecule has 0 aliphatic heterocycles. The smallest absolute Gasteiger partial charge is 0.358 e. The molecule has 0 amide bonds. The number of nitrogens with zero attached hydrogens (tertiary/aromatic N) is 1. The van der Waals surface area contributed by atoms with Crippen LogP contribution in [0.5, 0.6) is 0 Å². The molecule has 0 unspecified atom stereocenters. The summed E-state index contributed by atoms with van der Waals surface area (Å²) in [4.78, 5) is 29.5. The van der Waals surface area contributed by atoms with Crippen molar-refractivity contribution in [1.82, 2.24) is 9.97 Å². The minimum atomic E-state index is -0.661. The van der Waals surface area contributed by atoms with E-state index in [1.807, 2.05) is 13.8 Å². The highest BCUT2D eigenvalue weighted by atomic mass is 16.5. The molecule has 1 rings (SSSR count). The first-order valence-electron chi connectivity index (χ1n) is 5.51. The van der Waals surface area contributed by atoms with Gasteiger partial charge in [-0.3, -0.25) is 4.79 Å². The molecular weight excluding hydrogens is 222 g/mol. The molecule has 1 heterocycles. The van der Waals surface area contributed by atoms with Gasteiger partial charge in [-0.2, -0.15) is 0 Å². The molecule has 1 aromatic rings. The van der Waals surface area contributed by atoms with Crippen molar-refractivity contribution in [1.29, 1.82) is 0 Å². The SMILES string of the molecule is CCOC(=O)c1[nH]c(=O)c(CC(C)C)nc1N. The molecule has 0 aromatic carbocycles. The third kappa shape index (κ3) is 3.30. The Kier molecular flexibility index (Phi) is 4.25. The van der Waals surface area contributed by atoms with Crippen LogP contribution in [-0.4, -0.2) is 22.5 Å². The number of nitrogens with two attached hydrogens (primary N) is 1. The number of esters is 1. The minimum Gasteiger partial charge on any atom is -0.461 e. The van der Waals surface area contributed by atoms with Gasteiger partial charge in [-0.25, -0.2) is 9.78 Å². The maximum atomic E-state index is 11.7. The van der Waals surface area contributed by atoms with Crippen molar-refractivity contribution in [2.24, 2.45) is 5.92 Å². The zero-order valence-corrected chi connectivity index (χ0v) is 10.2. The Morgan fingerprint density at radius 3 is 2.71 bits per heavy atom. The molecule has 17 heavy (non-hydrogen) atoms. The normalized spacial score (nSPS) is 10.6. The molecule has 0 spiro atoms. The quantitative estimate of drug-likeness (QED) is 0.755. The first-order chi connectivity index (χ1) is 7.95. The Morgan fingerprint density at radius 2 is 2.18 bits per heavy atom. The van der Waals surface area contributed by atoms with Gasteiger partial charge in [0.25, 0.3) is 5.56 Å². The van der Waals surface area contributed by atoms with Crippen LogP contribution >= 0.6 is 0 Å². The Morgan fingerprint density at radius 1 is 1.53 bits per heavy atom. The average Bonchev–Trinajstić information content (AvgIpc) is 2.22. The molecule has 0 aliphatic carbocycles. The number of anilines is 1. The van der Waals surface area contributed by atoms with E-state index < -0.39 is 11.5 Å². The second-order valence-electron chi connectivity index (χ2n) is 4.09. The van der Waals surface area contributed by atoms with Crippen molar-refractivity contribution in [3.8, 4) is 0 Å². The first kappa shape index (κ1) is 13.2. The minimum absolute atomic E-state index is 0.00120. The maximum Gasteiger partial charge on any atom is 0.358 e. The lowest BCUT2D eigenvalue weighted by Crippen LogP contribution is -2.24. The highest BCUT2D eigenvalue weighted by Crippen LogP contribution is 2.07. The summed E-state index contributed by atoms with van der Waals surface area (Å²) in [5.74, 6) is -0.374. The lowest BCUT2D eigenvalue weighted by Gasteiger charge is -2.07. The topological polar surface area (TPSA) is 98.1 Å². The van der Waals surface area contributed by atoms with Crippen LogP contribution in [0.1, 0.15) is 37.0 Å². The summed E-state index contributed by atoms with van der Waals surface area (Å²) in [6.45, 7) is 5.83. The van der Waals surface area contributed by atoms with E-state index in [0.29, 0.717) is 12.1 Å². The van der Waals surface area contributed by atoms with Gasteiger partial charge in [0.05, 0.1) is 6.61 Å². The zero-order valence-electron chi connectivity index (χ0n) is 10.2.